The molecule has 2 aromatic rings. The summed E-state index contributed by atoms with van der Waals surface area (Å²) < 4.78 is 11.3. The lowest BCUT2D eigenvalue weighted by Gasteiger charge is -2.42. The van der Waals surface area contributed by atoms with Crippen LogP contribution in [0.25, 0.3) is 10.9 Å². The largest absolute Gasteiger partial charge is 0.462 e. The van der Waals surface area contributed by atoms with Crippen LogP contribution in [0.5, 0.6) is 5.75 Å². The fourth-order valence-corrected chi connectivity index (χ4v) is 2.82. The van der Waals surface area contributed by atoms with Crippen molar-refractivity contribution in [3.05, 3.63) is 36.5 Å². The van der Waals surface area contributed by atoms with Crippen LogP contribution in [0, 0.1) is 0 Å². The van der Waals surface area contributed by atoms with E-state index in [-0.39, 0.29) is 0 Å². The van der Waals surface area contributed by atoms with Gasteiger partial charge >= 0.3 is 0 Å². The number of pyridine rings is 1. The van der Waals surface area contributed by atoms with Crippen LogP contribution in [0.3, 0.4) is 0 Å². The normalized spacial score (nSPS) is 29.4. The van der Waals surface area contributed by atoms with Gasteiger partial charge in [-0.2, -0.15) is 0 Å². The Morgan fingerprint density at radius 1 is 1.32 bits per heavy atom. The van der Waals surface area contributed by atoms with Crippen molar-refractivity contribution >= 4 is 16.8 Å². The Morgan fingerprint density at radius 3 is 2.84 bits per heavy atom. The number of nitrogens with one attached hydrogen (secondary N) is 1. The van der Waals surface area contributed by atoms with E-state index < -0.39 is 43.2 Å². The number of hydrogen-bond acceptors (Lipinski definition) is 7. The third-order valence-corrected chi connectivity index (χ3v) is 4.08. The summed E-state index contributed by atoms with van der Waals surface area (Å²) >= 11 is 0. The van der Waals surface area contributed by atoms with Gasteiger partial charge in [0.2, 0.25) is 12.2 Å². The number of aliphatic hydroxyl groups excluding tert-OH is 3. The first kappa shape index (κ1) is 17.6. The molecule has 1 aliphatic heterocycles. The summed E-state index contributed by atoms with van der Waals surface area (Å²) in [6, 6.07) is 7.98. The first-order chi connectivity index (χ1) is 12.0. The number of amides is 1. The average molecular weight is 348 g/mol. The van der Waals surface area contributed by atoms with Crippen molar-refractivity contribution in [2.75, 3.05) is 6.61 Å². The van der Waals surface area contributed by atoms with E-state index in [1.807, 2.05) is 18.2 Å². The van der Waals surface area contributed by atoms with Crippen molar-refractivity contribution in [2.24, 2.45) is 0 Å². The number of rotatable bonds is 4. The first-order valence-corrected chi connectivity index (χ1v) is 7.90. The molecule has 0 aliphatic carbocycles. The molecule has 1 aliphatic rings. The maximum atomic E-state index is 11.4. The topological polar surface area (TPSA) is 121 Å². The molecule has 0 spiro atoms. The van der Waals surface area contributed by atoms with Gasteiger partial charge in [0.25, 0.3) is 0 Å². The van der Waals surface area contributed by atoms with E-state index in [1.165, 1.54) is 6.92 Å². The summed E-state index contributed by atoms with van der Waals surface area (Å²) in [5, 5.41) is 33.0. The maximum absolute atomic E-state index is 11.4. The highest BCUT2D eigenvalue weighted by atomic mass is 16.7. The van der Waals surface area contributed by atoms with E-state index >= 15 is 0 Å². The number of hydrogen-bond donors (Lipinski definition) is 4. The molecule has 1 saturated heterocycles. The summed E-state index contributed by atoms with van der Waals surface area (Å²) in [5.74, 6) is 0.0166. The number of carbonyl (C=O) groups excluding carboxylic acids is 1. The van der Waals surface area contributed by atoms with Crippen LogP contribution < -0.4 is 10.1 Å². The molecule has 2 heterocycles. The van der Waals surface area contributed by atoms with E-state index in [4.69, 9.17) is 9.47 Å². The van der Waals surface area contributed by atoms with E-state index in [9.17, 15) is 20.1 Å². The Kier molecular flexibility index (Phi) is 5.14. The van der Waals surface area contributed by atoms with Crippen LogP contribution in [-0.4, -0.2) is 63.5 Å². The number of fused-ring (bicyclic) bond motifs is 1. The van der Waals surface area contributed by atoms with Gasteiger partial charge in [-0.1, -0.05) is 6.07 Å². The zero-order valence-corrected chi connectivity index (χ0v) is 13.6. The molecular formula is C17H20N2O6. The molecule has 1 aromatic heterocycles. The van der Waals surface area contributed by atoms with Gasteiger partial charge in [0.15, 0.2) is 0 Å². The molecule has 3 rings (SSSR count). The molecule has 0 radical (unpaired) electrons. The van der Waals surface area contributed by atoms with Crippen LogP contribution in [-0.2, 0) is 9.53 Å². The maximum Gasteiger partial charge on any atom is 0.223 e. The van der Waals surface area contributed by atoms with E-state index in [0.29, 0.717) is 11.3 Å². The second-order valence-corrected chi connectivity index (χ2v) is 5.91. The molecule has 1 aromatic carbocycles. The van der Waals surface area contributed by atoms with Gasteiger partial charge in [-0.25, -0.2) is 0 Å². The highest BCUT2D eigenvalue weighted by Gasteiger charge is 2.46. The second kappa shape index (κ2) is 7.32. The molecule has 8 heteroatoms. The standard InChI is InChI=1S/C17H20N2O6/c1-9(21)19-14-16(23)15(22)13(8-20)25-17(14)24-11-5-4-10-3-2-6-18-12(10)7-11/h2-7,13-17,20,22-23H,8H2,1H3,(H,19,21). The van der Waals surface area contributed by atoms with Crippen LogP contribution in [0.4, 0.5) is 0 Å². The number of ether oxygens (including phenoxy) is 2. The molecule has 134 valence electrons. The second-order valence-electron chi connectivity index (χ2n) is 5.91. The number of carbonyl (C=O) groups is 1. The minimum absolute atomic E-state index is 0.406. The number of aliphatic hydroxyl groups is 3. The van der Waals surface area contributed by atoms with Crippen molar-refractivity contribution in [1.82, 2.24) is 10.3 Å². The summed E-state index contributed by atoms with van der Waals surface area (Å²) in [7, 11) is 0. The van der Waals surface area contributed by atoms with Gasteiger partial charge < -0.3 is 30.1 Å². The number of nitrogens with zero attached hydrogens (tertiary/aromatic N) is 1. The van der Waals surface area contributed by atoms with Crippen LogP contribution in [0.1, 0.15) is 6.92 Å². The molecule has 5 atom stereocenters. The Morgan fingerprint density at radius 2 is 2.12 bits per heavy atom. The Labute approximate surface area is 144 Å². The predicted molar refractivity (Wildman–Crippen MR) is 87.7 cm³/mol. The number of aromatic nitrogens is 1. The summed E-state index contributed by atoms with van der Waals surface area (Å²) in [6.45, 7) is 0.790. The monoisotopic (exact) mass is 348 g/mol. The van der Waals surface area contributed by atoms with Crippen LogP contribution in [0.15, 0.2) is 36.5 Å². The molecule has 25 heavy (non-hydrogen) atoms. The van der Waals surface area contributed by atoms with Gasteiger partial charge in [0, 0.05) is 24.6 Å². The molecular weight excluding hydrogens is 328 g/mol. The Bertz CT molecular complexity index is 755. The molecule has 8 nitrogen and oxygen atoms in total. The van der Waals surface area contributed by atoms with Gasteiger partial charge in [-0.05, 0) is 18.2 Å². The predicted octanol–water partition coefficient (Wildman–Crippen LogP) is -0.443. The SMILES string of the molecule is CC(=O)NC1C(Oc2ccc3cccnc3c2)OC(CO)C(O)C1O. The van der Waals surface area contributed by atoms with E-state index in [1.54, 1.807) is 18.3 Å². The number of benzene rings is 1. The molecule has 1 fully saturated rings. The van der Waals surface area contributed by atoms with Gasteiger partial charge in [0.1, 0.15) is 30.1 Å². The van der Waals surface area contributed by atoms with Crippen molar-refractivity contribution in [2.45, 2.75) is 37.6 Å². The summed E-state index contributed by atoms with van der Waals surface area (Å²) in [5.41, 5.74) is 0.714. The third kappa shape index (κ3) is 3.72. The average Bonchev–Trinajstić information content (AvgIpc) is 2.61. The molecule has 5 unspecified atom stereocenters. The van der Waals surface area contributed by atoms with E-state index in [0.717, 1.165) is 5.39 Å². The van der Waals surface area contributed by atoms with Crippen LogP contribution >= 0.6 is 0 Å². The third-order valence-electron chi connectivity index (χ3n) is 4.08. The van der Waals surface area contributed by atoms with Crippen molar-refractivity contribution in [3.63, 3.8) is 0 Å². The fraction of sp³-hybridized carbons (Fsp3) is 0.412. The highest BCUT2D eigenvalue weighted by molar-refractivity contribution is 5.79. The van der Waals surface area contributed by atoms with Crippen molar-refractivity contribution in [1.29, 1.82) is 0 Å². The van der Waals surface area contributed by atoms with Gasteiger partial charge in [-0.15, -0.1) is 0 Å². The fourth-order valence-electron chi connectivity index (χ4n) is 2.82. The first-order valence-electron chi connectivity index (χ1n) is 7.90. The summed E-state index contributed by atoms with van der Waals surface area (Å²) in [4.78, 5) is 15.7. The zero-order valence-electron chi connectivity index (χ0n) is 13.6. The lowest BCUT2D eigenvalue weighted by Crippen LogP contribution is -2.65. The molecule has 0 bridgehead atoms. The highest BCUT2D eigenvalue weighted by Crippen LogP contribution is 2.26. The smallest absolute Gasteiger partial charge is 0.223 e. The molecule has 1 amide bonds. The Balaban J connectivity index is 1.86. The van der Waals surface area contributed by atoms with Gasteiger partial charge in [0.05, 0.1) is 12.1 Å². The zero-order chi connectivity index (χ0) is 18.0. The lowest BCUT2D eigenvalue weighted by molar-refractivity contribution is -0.244. The van der Waals surface area contributed by atoms with Gasteiger partial charge in [-0.3, -0.25) is 9.78 Å². The summed E-state index contributed by atoms with van der Waals surface area (Å²) in [6.07, 6.45) is -3.15. The van der Waals surface area contributed by atoms with E-state index in [2.05, 4.69) is 10.3 Å². The lowest BCUT2D eigenvalue weighted by atomic mass is 9.97. The minimum Gasteiger partial charge on any atom is -0.462 e. The molecule has 0 saturated carbocycles. The van der Waals surface area contributed by atoms with Crippen molar-refractivity contribution < 1.29 is 29.6 Å². The van der Waals surface area contributed by atoms with Crippen LogP contribution in [0.2, 0.25) is 0 Å². The quantitative estimate of drug-likeness (QED) is 0.591. The Hall–Kier alpha value is -2.26. The minimum atomic E-state index is -1.35. The molecule has 4 N–H and O–H groups in total. The van der Waals surface area contributed by atoms with Crippen molar-refractivity contribution in [3.8, 4) is 5.75 Å².